The average molecular weight is 250 g/mol. The van der Waals surface area contributed by atoms with Gasteiger partial charge in [-0.05, 0) is 38.8 Å². The van der Waals surface area contributed by atoms with Gasteiger partial charge in [0, 0.05) is 25.2 Å². The van der Waals surface area contributed by atoms with Gasteiger partial charge < -0.3 is 9.80 Å². The van der Waals surface area contributed by atoms with Gasteiger partial charge in [-0.25, -0.2) is 5.84 Å². The van der Waals surface area contributed by atoms with E-state index in [1.165, 1.54) is 5.56 Å². The number of hydrogen-bond donors (Lipinski definition) is 2. The van der Waals surface area contributed by atoms with Crippen LogP contribution in [-0.2, 0) is 6.54 Å². The Hall–Kier alpha value is -1.43. The summed E-state index contributed by atoms with van der Waals surface area (Å²) in [5.41, 5.74) is 3.89. The quantitative estimate of drug-likeness (QED) is 0.432. The van der Waals surface area contributed by atoms with Crippen molar-refractivity contribution in [2.24, 2.45) is 5.84 Å². The number of nitrogens with two attached hydrogens (primary N) is 1. The molecule has 0 aliphatic heterocycles. The Kier molecular flexibility index (Phi) is 5.77. The number of rotatable bonds is 6. The molecule has 0 heterocycles. The lowest BCUT2D eigenvalue weighted by Crippen LogP contribution is -2.30. The van der Waals surface area contributed by atoms with Crippen LogP contribution in [0.1, 0.15) is 15.9 Å². The van der Waals surface area contributed by atoms with Crippen LogP contribution < -0.4 is 11.3 Å². The Balaban J connectivity index is 2.50. The zero-order valence-electron chi connectivity index (χ0n) is 11.3. The highest BCUT2D eigenvalue weighted by Crippen LogP contribution is 2.06. The first-order valence-corrected chi connectivity index (χ1v) is 5.96. The fourth-order valence-electron chi connectivity index (χ4n) is 1.61. The fourth-order valence-corrected chi connectivity index (χ4v) is 1.61. The average Bonchev–Trinajstić information content (AvgIpc) is 2.36. The molecule has 1 aromatic carbocycles. The summed E-state index contributed by atoms with van der Waals surface area (Å²) in [6.45, 7) is 2.92. The van der Waals surface area contributed by atoms with Crippen molar-refractivity contribution < 1.29 is 4.79 Å². The van der Waals surface area contributed by atoms with Crippen LogP contribution in [0.5, 0.6) is 0 Å². The number of nitrogens with zero attached hydrogens (tertiary/aromatic N) is 2. The summed E-state index contributed by atoms with van der Waals surface area (Å²) in [6.07, 6.45) is 0. The first-order valence-electron chi connectivity index (χ1n) is 5.96. The van der Waals surface area contributed by atoms with Crippen LogP contribution in [0.25, 0.3) is 0 Å². The summed E-state index contributed by atoms with van der Waals surface area (Å²) >= 11 is 0. The Morgan fingerprint density at radius 3 is 2.28 bits per heavy atom. The van der Waals surface area contributed by atoms with Crippen molar-refractivity contribution >= 4 is 5.91 Å². The molecule has 0 atom stereocenters. The van der Waals surface area contributed by atoms with Crippen LogP contribution in [0.2, 0.25) is 0 Å². The van der Waals surface area contributed by atoms with Crippen molar-refractivity contribution in [2.45, 2.75) is 6.54 Å². The summed E-state index contributed by atoms with van der Waals surface area (Å²) in [4.78, 5) is 15.7. The zero-order chi connectivity index (χ0) is 13.5. The molecule has 3 N–H and O–H groups in total. The molecule has 0 radical (unpaired) electrons. The molecule has 0 bridgehead atoms. The second-order valence-electron chi connectivity index (χ2n) is 4.71. The van der Waals surface area contributed by atoms with Crippen molar-refractivity contribution in [3.05, 3.63) is 35.4 Å². The van der Waals surface area contributed by atoms with Crippen LogP contribution in [0.3, 0.4) is 0 Å². The number of benzene rings is 1. The van der Waals surface area contributed by atoms with Crippen LogP contribution in [0.4, 0.5) is 0 Å². The maximum absolute atomic E-state index is 11.3. The molecule has 1 aromatic rings. The second-order valence-corrected chi connectivity index (χ2v) is 4.71. The third-order valence-electron chi connectivity index (χ3n) is 2.73. The number of hydrogen-bond acceptors (Lipinski definition) is 4. The molecular weight excluding hydrogens is 228 g/mol. The highest BCUT2D eigenvalue weighted by Gasteiger charge is 2.04. The lowest BCUT2D eigenvalue weighted by molar-refractivity contribution is 0.0953. The van der Waals surface area contributed by atoms with Gasteiger partial charge in [-0.15, -0.1) is 0 Å². The van der Waals surface area contributed by atoms with E-state index < -0.39 is 0 Å². The number of carbonyl (C=O) groups excluding carboxylic acids is 1. The maximum Gasteiger partial charge on any atom is 0.265 e. The molecule has 0 saturated heterocycles. The number of hydrazine groups is 1. The summed E-state index contributed by atoms with van der Waals surface area (Å²) in [7, 11) is 6.21. The minimum atomic E-state index is -0.262. The minimum absolute atomic E-state index is 0.262. The second kappa shape index (κ2) is 7.10. The lowest BCUT2D eigenvalue weighted by Gasteiger charge is -2.19. The van der Waals surface area contributed by atoms with E-state index in [9.17, 15) is 4.79 Å². The first-order chi connectivity index (χ1) is 8.52. The molecular formula is C13H22N4O. The monoisotopic (exact) mass is 250 g/mol. The fraction of sp³-hybridized carbons (Fsp3) is 0.462. The Labute approximate surface area is 109 Å². The molecule has 0 fully saturated rings. The Morgan fingerprint density at radius 1 is 1.17 bits per heavy atom. The summed E-state index contributed by atoms with van der Waals surface area (Å²) in [5.74, 6) is 4.82. The topological polar surface area (TPSA) is 61.6 Å². The molecule has 0 saturated carbocycles. The zero-order valence-corrected chi connectivity index (χ0v) is 11.3. The predicted molar refractivity (Wildman–Crippen MR) is 73.0 cm³/mol. The van der Waals surface area contributed by atoms with E-state index in [4.69, 9.17) is 5.84 Å². The van der Waals surface area contributed by atoms with Gasteiger partial charge in [-0.2, -0.15) is 0 Å². The number of amides is 1. The number of carbonyl (C=O) groups is 1. The van der Waals surface area contributed by atoms with Gasteiger partial charge in [0.15, 0.2) is 0 Å². The third-order valence-corrected chi connectivity index (χ3v) is 2.73. The number of likely N-dealkylation sites (N-methyl/N-ethyl adjacent to an activating group) is 2. The van der Waals surface area contributed by atoms with E-state index >= 15 is 0 Å². The molecule has 1 amide bonds. The van der Waals surface area contributed by atoms with E-state index in [0.29, 0.717) is 5.56 Å². The van der Waals surface area contributed by atoms with Crippen molar-refractivity contribution in [1.82, 2.24) is 15.2 Å². The van der Waals surface area contributed by atoms with Crippen molar-refractivity contribution in [3.63, 3.8) is 0 Å². The molecule has 5 nitrogen and oxygen atoms in total. The van der Waals surface area contributed by atoms with Gasteiger partial charge in [-0.3, -0.25) is 10.2 Å². The van der Waals surface area contributed by atoms with Gasteiger partial charge in [0.2, 0.25) is 0 Å². The summed E-state index contributed by atoms with van der Waals surface area (Å²) < 4.78 is 0. The van der Waals surface area contributed by atoms with Gasteiger partial charge in [0.05, 0.1) is 0 Å². The molecule has 0 aliphatic carbocycles. The van der Waals surface area contributed by atoms with E-state index in [1.54, 1.807) is 12.1 Å². The number of nitrogen functional groups attached to an aromatic ring is 1. The van der Waals surface area contributed by atoms with Crippen LogP contribution in [0.15, 0.2) is 24.3 Å². The first kappa shape index (κ1) is 14.6. The van der Waals surface area contributed by atoms with E-state index in [1.807, 2.05) is 12.1 Å². The molecule has 100 valence electrons. The third kappa shape index (κ3) is 4.83. The summed E-state index contributed by atoms with van der Waals surface area (Å²) in [6, 6.07) is 7.49. The Morgan fingerprint density at radius 2 is 1.78 bits per heavy atom. The summed E-state index contributed by atoms with van der Waals surface area (Å²) in [5, 5.41) is 0. The SMILES string of the molecule is CN(C)CCN(C)Cc1ccc(C(=O)NN)cc1. The standard InChI is InChI=1S/C13H22N4O/c1-16(2)8-9-17(3)10-11-4-6-12(7-5-11)13(18)15-14/h4-7H,8-10,14H2,1-3H3,(H,15,18). The van der Waals surface area contributed by atoms with E-state index in [0.717, 1.165) is 19.6 Å². The number of nitrogens with one attached hydrogen (secondary N) is 1. The Bertz CT molecular complexity index is 375. The minimum Gasteiger partial charge on any atom is -0.308 e. The van der Waals surface area contributed by atoms with Gasteiger partial charge in [0.25, 0.3) is 5.91 Å². The molecule has 0 spiro atoms. The normalized spacial score (nSPS) is 11.0. The van der Waals surface area contributed by atoms with Crippen molar-refractivity contribution in [3.8, 4) is 0 Å². The predicted octanol–water partition coefficient (Wildman–Crippen LogP) is 0.284. The van der Waals surface area contributed by atoms with E-state index in [2.05, 4.69) is 36.4 Å². The van der Waals surface area contributed by atoms with Crippen molar-refractivity contribution in [2.75, 3.05) is 34.2 Å². The molecule has 0 aromatic heterocycles. The molecule has 1 rings (SSSR count). The maximum atomic E-state index is 11.3. The van der Waals surface area contributed by atoms with Crippen molar-refractivity contribution in [1.29, 1.82) is 0 Å². The lowest BCUT2D eigenvalue weighted by atomic mass is 10.1. The van der Waals surface area contributed by atoms with Crippen LogP contribution in [-0.4, -0.2) is 49.9 Å². The molecule has 0 aliphatic rings. The van der Waals surface area contributed by atoms with Gasteiger partial charge >= 0.3 is 0 Å². The van der Waals surface area contributed by atoms with Crippen LogP contribution in [0, 0.1) is 0 Å². The molecule has 18 heavy (non-hydrogen) atoms. The van der Waals surface area contributed by atoms with Gasteiger partial charge in [-0.1, -0.05) is 12.1 Å². The molecule has 0 unspecified atom stereocenters. The van der Waals surface area contributed by atoms with Crippen LogP contribution >= 0.6 is 0 Å². The highest BCUT2D eigenvalue weighted by atomic mass is 16.2. The molecule has 5 heteroatoms. The smallest absolute Gasteiger partial charge is 0.265 e. The van der Waals surface area contributed by atoms with Gasteiger partial charge in [0.1, 0.15) is 0 Å². The largest absolute Gasteiger partial charge is 0.308 e. The van der Waals surface area contributed by atoms with E-state index in [-0.39, 0.29) is 5.91 Å². The highest BCUT2D eigenvalue weighted by molar-refractivity contribution is 5.93.